The molecule has 2 aromatic heterocycles. The summed E-state index contributed by atoms with van der Waals surface area (Å²) in [5.74, 6) is -2.26. The molecule has 41 heavy (non-hydrogen) atoms. The topological polar surface area (TPSA) is 100 Å². The van der Waals surface area contributed by atoms with Crippen LogP contribution in [-0.4, -0.2) is 51.5 Å². The predicted molar refractivity (Wildman–Crippen MR) is 150 cm³/mol. The van der Waals surface area contributed by atoms with Crippen molar-refractivity contribution in [2.24, 2.45) is 5.41 Å². The van der Waals surface area contributed by atoms with Crippen LogP contribution in [0.25, 0.3) is 11.3 Å². The minimum atomic E-state index is -0.824. The van der Waals surface area contributed by atoms with Crippen molar-refractivity contribution in [2.75, 3.05) is 13.1 Å². The predicted octanol–water partition coefficient (Wildman–Crippen LogP) is 5.21. The first-order valence-electron chi connectivity index (χ1n) is 14.1. The second kappa shape index (κ2) is 11.0. The Morgan fingerprint density at radius 1 is 1.12 bits per heavy atom. The molecule has 3 aromatic rings. The summed E-state index contributed by atoms with van der Waals surface area (Å²) in [6.07, 6.45) is 6.32. The quantitative estimate of drug-likeness (QED) is 0.389. The van der Waals surface area contributed by atoms with Gasteiger partial charge < -0.3 is 15.2 Å². The number of nitrogens with one attached hydrogen (secondary N) is 2. The molecule has 1 aromatic carbocycles. The maximum Gasteiger partial charge on any atom is 0.274 e. The Morgan fingerprint density at radius 3 is 2.59 bits per heavy atom. The number of carbonyl (C=O) groups is 2. The van der Waals surface area contributed by atoms with Crippen molar-refractivity contribution < 1.29 is 22.9 Å². The molecule has 2 fully saturated rings. The highest BCUT2D eigenvalue weighted by molar-refractivity contribution is 5.94. The zero-order valence-corrected chi connectivity index (χ0v) is 24.0. The Morgan fingerprint density at radius 2 is 1.90 bits per heavy atom. The van der Waals surface area contributed by atoms with E-state index in [1.807, 2.05) is 32.0 Å². The SMILES string of the molecule is CC(C)(NC(=O)CC1(NC(=O)c2cc(-c3ccc(F)cc3F)on2)CN(C2CCCCC2(C)C)C1)c1ccccn1. The summed E-state index contributed by atoms with van der Waals surface area (Å²) in [7, 11) is 0. The molecule has 2 N–H and O–H groups in total. The van der Waals surface area contributed by atoms with Crippen LogP contribution in [0.15, 0.2) is 53.2 Å². The molecule has 0 bridgehead atoms. The fourth-order valence-corrected chi connectivity index (χ4v) is 6.34. The average molecular weight is 566 g/mol. The molecule has 1 aliphatic heterocycles. The van der Waals surface area contributed by atoms with Gasteiger partial charge in [-0.1, -0.05) is 37.9 Å². The third kappa shape index (κ3) is 6.17. The standard InChI is InChI=1S/C31H37F2N5O3/c1-29(2)13-7-5-10-26(29)38-18-31(19-38,17-27(39)35-30(3,4)25-9-6-8-14-34-25)36-28(40)23-16-24(41-37-23)21-12-11-20(32)15-22(21)33/h6,8-9,11-12,14-16,26H,5,7,10,13,17-19H2,1-4H3,(H,35,39)(H,36,40). The summed E-state index contributed by atoms with van der Waals surface area (Å²) >= 11 is 0. The lowest BCUT2D eigenvalue weighted by atomic mass is 9.70. The van der Waals surface area contributed by atoms with E-state index in [1.165, 1.54) is 18.6 Å². The van der Waals surface area contributed by atoms with Gasteiger partial charge >= 0.3 is 0 Å². The van der Waals surface area contributed by atoms with Gasteiger partial charge in [0.25, 0.3) is 5.91 Å². The van der Waals surface area contributed by atoms with Crippen molar-refractivity contribution in [3.63, 3.8) is 0 Å². The number of hydrogen-bond acceptors (Lipinski definition) is 6. The summed E-state index contributed by atoms with van der Waals surface area (Å²) in [6, 6.07) is 10.3. The van der Waals surface area contributed by atoms with Crippen LogP contribution < -0.4 is 10.6 Å². The highest BCUT2D eigenvalue weighted by atomic mass is 19.1. The number of likely N-dealkylation sites (tertiary alicyclic amines) is 1. The molecule has 3 heterocycles. The molecule has 0 spiro atoms. The summed E-state index contributed by atoms with van der Waals surface area (Å²) < 4.78 is 32.9. The highest BCUT2D eigenvalue weighted by Gasteiger charge is 2.51. The second-order valence-corrected chi connectivity index (χ2v) is 12.7. The summed E-state index contributed by atoms with van der Waals surface area (Å²) in [6.45, 7) is 9.37. The van der Waals surface area contributed by atoms with Crippen molar-refractivity contribution >= 4 is 11.8 Å². The minimum absolute atomic E-state index is 0.00172. The Kier molecular flexibility index (Phi) is 7.72. The number of halogens is 2. The summed E-state index contributed by atoms with van der Waals surface area (Å²) in [5.41, 5.74) is -0.716. The van der Waals surface area contributed by atoms with Crippen LogP contribution in [-0.2, 0) is 10.3 Å². The van der Waals surface area contributed by atoms with E-state index in [0.717, 1.165) is 37.1 Å². The van der Waals surface area contributed by atoms with Gasteiger partial charge in [0.05, 0.1) is 28.8 Å². The van der Waals surface area contributed by atoms with Crippen molar-refractivity contribution in [1.29, 1.82) is 0 Å². The normalized spacial score (nSPS) is 20.2. The number of carbonyl (C=O) groups excluding carboxylic acids is 2. The third-order valence-electron chi connectivity index (χ3n) is 8.48. The van der Waals surface area contributed by atoms with Gasteiger partial charge in [-0.05, 0) is 56.4 Å². The van der Waals surface area contributed by atoms with Gasteiger partial charge in [-0.15, -0.1) is 0 Å². The van der Waals surface area contributed by atoms with Gasteiger partial charge in [0.15, 0.2) is 11.5 Å². The molecule has 1 aliphatic carbocycles. The Bertz CT molecular complexity index is 1420. The number of nitrogens with zero attached hydrogens (tertiary/aromatic N) is 3. The fraction of sp³-hybridized carbons (Fsp3) is 0.484. The highest BCUT2D eigenvalue weighted by Crippen LogP contribution is 2.42. The lowest BCUT2D eigenvalue weighted by molar-refractivity contribution is -0.128. The van der Waals surface area contributed by atoms with Gasteiger partial charge in [0.2, 0.25) is 5.91 Å². The lowest BCUT2D eigenvalue weighted by Crippen LogP contribution is -2.74. The van der Waals surface area contributed by atoms with E-state index in [9.17, 15) is 18.4 Å². The van der Waals surface area contributed by atoms with E-state index < -0.39 is 28.6 Å². The molecule has 218 valence electrons. The van der Waals surface area contributed by atoms with Gasteiger partial charge in [-0.2, -0.15) is 0 Å². The third-order valence-corrected chi connectivity index (χ3v) is 8.48. The van der Waals surface area contributed by atoms with Gasteiger partial charge in [0, 0.05) is 37.5 Å². The van der Waals surface area contributed by atoms with E-state index in [4.69, 9.17) is 4.52 Å². The Labute approximate surface area is 238 Å². The number of benzene rings is 1. The van der Waals surface area contributed by atoms with Crippen LogP contribution in [0.3, 0.4) is 0 Å². The molecule has 2 amide bonds. The molecular weight excluding hydrogens is 528 g/mol. The van der Waals surface area contributed by atoms with Crippen LogP contribution in [0.1, 0.15) is 76.0 Å². The van der Waals surface area contributed by atoms with Crippen LogP contribution in [0.2, 0.25) is 0 Å². The summed E-state index contributed by atoms with van der Waals surface area (Å²) in [4.78, 5) is 33.5. The number of amides is 2. The van der Waals surface area contributed by atoms with Crippen molar-refractivity contribution in [2.45, 2.75) is 76.9 Å². The lowest BCUT2D eigenvalue weighted by Gasteiger charge is -2.57. The van der Waals surface area contributed by atoms with Crippen molar-refractivity contribution in [1.82, 2.24) is 25.7 Å². The molecule has 1 atom stereocenters. The van der Waals surface area contributed by atoms with Crippen LogP contribution >= 0.6 is 0 Å². The number of aromatic nitrogens is 2. The Balaban J connectivity index is 1.34. The monoisotopic (exact) mass is 565 g/mol. The largest absolute Gasteiger partial charge is 0.355 e. The molecule has 1 unspecified atom stereocenters. The molecule has 1 saturated heterocycles. The molecule has 10 heteroatoms. The minimum Gasteiger partial charge on any atom is -0.355 e. The van der Waals surface area contributed by atoms with Crippen molar-refractivity contribution in [3.8, 4) is 11.3 Å². The van der Waals surface area contributed by atoms with Crippen LogP contribution in [0.4, 0.5) is 8.78 Å². The van der Waals surface area contributed by atoms with E-state index in [-0.39, 0.29) is 34.8 Å². The molecule has 1 saturated carbocycles. The van der Waals surface area contributed by atoms with E-state index >= 15 is 0 Å². The number of hydrogen-bond donors (Lipinski definition) is 2. The van der Waals surface area contributed by atoms with Crippen LogP contribution in [0.5, 0.6) is 0 Å². The summed E-state index contributed by atoms with van der Waals surface area (Å²) in [5, 5.41) is 9.97. The zero-order valence-electron chi connectivity index (χ0n) is 24.0. The molecule has 5 rings (SSSR count). The second-order valence-electron chi connectivity index (χ2n) is 12.7. The molecule has 2 aliphatic rings. The van der Waals surface area contributed by atoms with Crippen molar-refractivity contribution in [3.05, 3.63) is 71.7 Å². The maximum atomic E-state index is 14.3. The van der Waals surface area contributed by atoms with E-state index in [0.29, 0.717) is 19.1 Å². The maximum absolute atomic E-state index is 14.3. The first-order valence-corrected chi connectivity index (χ1v) is 14.1. The fourth-order valence-electron chi connectivity index (χ4n) is 6.34. The average Bonchev–Trinajstić information content (AvgIpc) is 3.37. The molecule has 8 nitrogen and oxygen atoms in total. The van der Waals surface area contributed by atoms with Gasteiger partial charge in [0.1, 0.15) is 11.6 Å². The van der Waals surface area contributed by atoms with E-state index in [2.05, 4.69) is 39.5 Å². The van der Waals surface area contributed by atoms with E-state index in [1.54, 1.807) is 6.20 Å². The number of rotatable bonds is 8. The first-order chi connectivity index (χ1) is 19.4. The van der Waals surface area contributed by atoms with Crippen LogP contribution in [0, 0.1) is 17.0 Å². The molecule has 0 radical (unpaired) electrons. The molecular formula is C31H37F2N5O3. The van der Waals surface area contributed by atoms with Gasteiger partial charge in [-0.25, -0.2) is 8.78 Å². The smallest absolute Gasteiger partial charge is 0.274 e. The van der Waals surface area contributed by atoms with Gasteiger partial charge in [-0.3, -0.25) is 19.5 Å². The zero-order chi connectivity index (χ0) is 29.4. The Hall–Kier alpha value is -3.66. The number of pyridine rings is 1. The first kappa shape index (κ1) is 28.9.